The minimum absolute atomic E-state index is 0.235. The number of pyridine rings is 1. The summed E-state index contributed by atoms with van der Waals surface area (Å²) in [5, 5.41) is 3.72. The Balaban J connectivity index is 1.66. The van der Waals surface area contributed by atoms with Gasteiger partial charge in [-0.15, -0.1) is 0 Å². The van der Waals surface area contributed by atoms with Crippen LogP contribution in [0.25, 0.3) is 22.2 Å². The van der Waals surface area contributed by atoms with Crippen LogP contribution in [0.3, 0.4) is 0 Å². The number of nitrogens with one attached hydrogen (secondary N) is 1. The first kappa shape index (κ1) is 22.2. The van der Waals surface area contributed by atoms with Crippen molar-refractivity contribution in [1.82, 2.24) is 4.98 Å². The monoisotopic (exact) mass is 438 g/mol. The van der Waals surface area contributed by atoms with E-state index in [9.17, 15) is 9.59 Å². The fourth-order valence-electron chi connectivity index (χ4n) is 3.77. The first-order chi connectivity index (χ1) is 16.0. The lowest BCUT2D eigenvalue weighted by atomic mass is 9.99. The van der Waals surface area contributed by atoms with E-state index in [0.717, 1.165) is 34.1 Å². The molecule has 0 radical (unpaired) electrons. The SMILES string of the molecule is CCCOC(=O)c1ccc(NC(=O)c2cc(-c3ccc(C)cc3C)nc3ccccc23)cc1. The molecule has 33 heavy (non-hydrogen) atoms. The van der Waals surface area contributed by atoms with Gasteiger partial charge in [0.05, 0.1) is 28.9 Å². The van der Waals surface area contributed by atoms with Gasteiger partial charge in [-0.1, -0.05) is 48.9 Å². The lowest BCUT2D eigenvalue weighted by molar-refractivity contribution is 0.0505. The fourth-order valence-corrected chi connectivity index (χ4v) is 3.77. The minimum atomic E-state index is -0.368. The zero-order valence-corrected chi connectivity index (χ0v) is 19.0. The van der Waals surface area contributed by atoms with E-state index in [1.54, 1.807) is 24.3 Å². The molecule has 0 aliphatic rings. The van der Waals surface area contributed by atoms with Gasteiger partial charge in [0, 0.05) is 16.6 Å². The predicted molar refractivity (Wildman–Crippen MR) is 132 cm³/mol. The second kappa shape index (κ2) is 9.65. The topological polar surface area (TPSA) is 68.3 Å². The Morgan fingerprint density at radius 2 is 1.70 bits per heavy atom. The van der Waals surface area contributed by atoms with Crippen molar-refractivity contribution >= 4 is 28.5 Å². The molecule has 0 spiro atoms. The number of carbonyl (C=O) groups excluding carboxylic acids is 2. The lowest BCUT2D eigenvalue weighted by Gasteiger charge is -2.12. The van der Waals surface area contributed by atoms with Gasteiger partial charge in [0.15, 0.2) is 0 Å². The first-order valence-corrected chi connectivity index (χ1v) is 11.0. The molecule has 0 saturated carbocycles. The van der Waals surface area contributed by atoms with Crippen LogP contribution in [0.4, 0.5) is 5.69 Å². The molecule has 1 N–H and O–H groups in total. The molecule has 4 rings (SSSR count). The summed E-state index contributed by atoms with van der Waals surface area (Å²) in [6.45, 7) is 6.43. The number of fused-ring (bicyclic) bond motifs is 1. The van der Waals surface area contributed by atoms with Crippen molar-refractivity contribution in [2.75, 3.05) is 11.9 Å². The third kappa shape index (κ3) is 4.93. The third-order valence-corrected chi connectivity index (χ3v) is 5.43. The highest BCUT2D eigenvalue weighted by molar-refractivity contribution is 6.13. The van der Waals surface area contributed by atoms with Gasteiger partial charge in [-0.2, -0.15) is 0 Å². The summed E-state index contributed by atoms with van der Waals surface area (Å²) in [6, 6.07) is 22.4. The zero-order chi connectivity index (χ0) is 23.4. The van der Waals surface area contributed by atoms with E-state index in [2.05, 4.69) is 18.3 Å². The number of benzene rings is 3. The van der Waals surface area contributed by atoms with Crippen molar-refractivity contribution in [3.8, 4) is 11.3 Å². The summed E-state index contributed by atoms with van der Waals surface area (Å²) in [7, 11) is 0. The van der Waals surface area contributed by atoms with E-state index in [-0.39, 0.29) is 11.9 Å². The van der Waals surface area contributed by atoms with Gasteiger partial charge in [0.2, 0.25) is 0 Å². The molecule has 5 nitrogen and oxygen atoms in total. The molecule has 1 heterocycles. The molecule has 0 fully saturated rings. The standard InChI is InChI=1S/C28H26N2O3/c1-4-15-33-28(32)20-10-12-21(13-11-20)29-27(31)24-17-26(22-14-9-18(2)16-19(22)3)30-25-8-6-5-7-23(24)25/h5-14,16-17H,4,15H2,1-3H3,(H,29,31). The maximum absolute atomic E-state index is 13.3. The first-order valence-electron chi connectivity index (χ1n) is 11.0. The molecule has 0 bridgehead atoms. The van der Waals surface area contributed by atoms with E-state index < -0.39 is 0 Å². The molecule has 0 aliphatic heterocycles. The zero-order valence-electron chi connectivity index (χ0n) is 19.0. The number of esters is 1. The summed E-state index contributed by atoms with van der Waals surface area (Å²) in [4.78, 5) is 30.1. The number of hydrogen-bond acceptors (Lipinski definition) is 4. The van der Waals surface area contributed by atoms with Gasteiger partial charge in [0.25, 0.3) is 5.91 Å². The van der Waals surface area contributed by atoms with Gasteiger partial charge in [0.1, 0.15) is 0 Å². The van der Waals surface area contributed by atoms with Gasteiger partial charge < -0.3 is 10.1 Å². The number of ether oxygens (including phenoxy) is 1. The van der Waals surface area contributed by atoms with Crippen LogP contribution in [0.2, 0.25) is 0 Å². The van der Waals surface area contributed by atoms with Crippen LogP contribution < -0.4 is 5.32 Å². The van der Waals surface area contributed by atoms with Crippen LogP contribution in [0.15, 0.2) is 72.8 Å². The van der Waals surface area contributed by atoms with Crippen molar-refractivity contribution < 1.29 is 14.3 Å². The Morgan fingerprint density at radius 1 is 0.939 bits per heavy atom. The van der Waals surface area contributed by atoms with Crippen LogP contribution in [0.1, 0.15) is 45.2 Å². The van der Waals surface area contributed by atoms with Crippen LogP contribution in [-0.4, -0.2) is 23.5 Å². The van der Waals surface area contributed by atoms with Crippen molar-refractivity contribution in [3.05, 3.63) is 95.1 Å². The van der Waals surface area contributed by atoms with Crippen LogP contribution in [0.5, 0.6) is 0 Å². The van der Waals surface area contributed by atoms with Crippen LogP contribution >= 0.6 is 0 Å². The smallest absolute Gasteiger partial charge is 0.338 e. The number of rotatable bonds is 6. The number of carbonyl (C=O) groups is 2. The number of nitrogens with zero attached hydrogens (tertiary/aromatic N) is 1. The normalized spacial score (nSPS) is 10.8. The average Bonchev–Trinajstić information content (AvgIpc) is 2.82. The van der Waals surface area contributed by atoms with Gasteiger partial charge in [-0.3, -0.25) is 4.79 Å². The Morgan fingerprint density at radius 3 is 2.42 bits per heavy atom. The molecule has 0 aliphatic carbocycles. The molecule has 5 heteroatoms. The van der Waals surface area contributed by atoms with Gasteiger partial charge in [-0.05, 0) is 62.2 Å². The summed E-state index contributed by atoms with van der Waals surface area (Å²) < 4.78 is 5.15. The number of aryl methyl sites for hydroxylation is 2. The molecular weight excluding hydrogens is 412 g/mol. The molecule has 166 valence electrons. The molecule has 1 aromatic heterocycles. The third-order valence-electron chi connectivity index (χ3n) is 5.43. The van der Waals surface area contributed by atoms with Crippen LogP contribution in [0, 0.1) is 13.8 Å². The maximum Gasteiger partial charge on any atom is 0.338 e. The summed E-state index contributed by atoms with van der Waals surface area (Å²) in [6.07, 6.45) is 0.768. The Bertz CT molecular complexity index is 1330. The van der Waals surface area contributed by atoms with Crippen molar-refractivity contribution in [3.63, 3.8) is 0 Å². The summed E-state index contributed by atoms with van der Waals surface area (Å²) in [5.41, 5.74) is 6.39. The Hall–Kier alpha value is -3.99. The Labute approximate surface area is 193 Å². The predicted octanol–water partition coefficient (Wildman–Crippen LogP) is 6.34. The van der Waals surface area contributed by atoms with Crippen molar-refractivity contribution in [1.29, 1.82) is 0 Å². The van der Waals surface area contributed by atoms with Crippen molar-refractivity contribution in [2.24, 2.45) is 0 Å². The quantitative estimate of drug-likeness (QED) is 0.357. The Kier molecular flexibility index (Phi) is 6.50. The highest BCUT2D eigenvalue weighted by atomic mass is 16.5. The maximum atomic E-state index is 13.3. The molecule has 0 unspecified atom stereocenters. The van der Waals surface area contributed by atoms with Crippen LogP contribution in [-0.2, 0) is 4.74 Å². The van der Waals surface area contributed by atoms with Gasteiger partial charge in [-0.25, -0.2) is 9.78 Å². The molecular formula is C28H26N2O3. The van der Waals surface area contributed by atoms with E-state index >= 15 is 0 Å². The summed E-state index contributed by atoms with van der Waals surface area (Å²) in [5.74, 6) is -0.603. The molecule has 0 atom stereocenters. The summed E-state index contributed by atoms with van der Waals surface area (Å²) >= 11 is 0. The van der Waals surface area contributed by atoms with E-state index in [1.165, 1.54) is 5.56 Å². The van der Waals surface area contributed by atoms with E-state index in [0.29, 0.717) is 23.4 Å². The average molecular weight is 439 g/mol. The highest BCUT2D eigenvalue weighted by Crippen LogP contribution is 2.28. The highest BCUT2D eigenvalue weighted by Gasteiger charge is 2.16. The second-order valence-electron chi connectivity index (χ2n) is 8.06. The second-order valence-corrected chi connectivity index (χ2v) is 8.06. The van der Waals surface area contributed by atoms with E-state index in [4.69, 9.17) is 9.72 Å². The number of aromatic nitrogens is 1. The number of anilines is 1. The lowest BCUT2D eigenvalue weighted by Crippen LogP contribution is -2.13. The number of hydrogen-bond donors (Lipinski definition) is 1. The minimum Gasteiger partial charge on any atom is -0.462 e. The largest absolute Gasteiger partial charge is 0.462 e. The fraction of sp³-hybridized carbons (Fsp3) is 0.179. The number of amides is 1. The van der Waals surface area contributed by atoms with E-state index in [1.807, 2.05) is 56.3 Å². The number of para-hydroxylation sites is 1. The molecule has 1 amide bonds. The van der Waals surface area contributed by atoms with Gasteiger partial charge >= 0.3 is 5.97 Å². The molecule has 0 saturated heterocycles. The molecule has 4 aromatic rings. The van der Waals surface area contributed by atoms with Crippen molar-refractivity contribution in [2.45, 2.75) is 27.2 Å². The molecule has 3 aromatic carbocycles.